The van der Waals surface area contributed by atoms with Crippen LogP contribution in [0.4, 0.5) is 0 Å². The minimum atomic E-state index is 0.509. The van der Waals surface area contributed by atoms with Gasteiger partial charge in [0.05, 0.1) is 12.3 Å². The maximum atomic E-state index is 2.55. The van der Waals surface area contributed by atoms with Crippen LogP contribution >= 0.6 is 0 Å². The monoisotopic (exact) mass is 320 g/mol. The van der Waals surface area contributed by atoms with Crippen LogP contribution in [-0.4, -0.2) is 59.1 Å². The van der Waals surface area contributed by atoms with Gasteiger partial charge in [0.2, 0.25) is 0 Å². The van der Waals surface area contributed by atoms with Gasteiger partial charge in [0.1, 0.15) is 0 Å². The van der Waals surface area contributed by atoms with Crippen LogP contribution in [0.15, 0.2) is 22.8 Å². The summed E-state index contributed by atoms with van der Waals surface area (Å²) in [6, 6.07) is 0. The molecule has 2 unspecified atom stereocenters. The maximum Gasteiger partial charge on any atom is 0.0979 e. The SMILES string of the molecule is CC1=C(C)N(CCCCCN2C(C)=C(C)N(C)C2C)C(C)N1C. The Morgan fingerprint density at radius 1 is 0.609 bits per heavy atom. The van der Waals surface area contributed by atoms with Gasteiger partial charge >= 0.3 is 0 Å². The van der Waals surface area contributed by atoms with Gasteiger partial charge in [0.15, 0.2) is 0 Å². The maximum absolute atomic E-state index is 2.55. The van der Waals surface area contributed by atoms with E-state index in [1.165, 1.54) is 55.1 Å². The Bertz CT molecular complexity index is 450. The second-order valence-corrected chi connectivity index (χ2v) is 7.27. The third kappa shape index (κ3) is 3.31. The fourth-order valence-corrected chi connectivity index (χ4v) is 3.92. The predicted octanol–water partition coefficient (Wildman–Crippen LogP) is 3.85. The number of nitrogens with zero attached hydrogens (tertiary/aromatic N) is 4. The van der Waals surface area contributed by atoms with Crippen molar-refractivity contribution < 1.29 is 0 Å². The standard InChI is InChI=1S/C19H36N4/c1-14-16(3)22(18(5)20(14)7)12-10-9-11-13-23-17(4)15(2)21(8)19(23)6/h18-19H,9-13H2,1-8H3. The van der Waals surface area contributed by atoms with Crippen molar-refractivity contribution in [1.82, 2.24) is 19.6 Å². The van der Waals surface area contributed by atoms with Crippen LogP contribution in [0.2, 0.25) is 0 Å². The number of unbranched alkanes of at least 4 members (excludes halogenated alkanes) is 2. The van der Waals surface area contributed by atoms with Gasteiger partial charge in [-0.3, -0.25) is 0 Å². The first-order valence-corrected chi connectivity index (χ1v) is 9.11. The molecule has 2 rings (SSSR count). The molecule has 2 aliphatic rings. The molecule has 4 nitrogen and oxygen atoms in total. The summed E-state index contributed by atoms with van der Waals surface area (Å²) < 4.78 is 0. The molecule has 2 atom stereocenters. The van der Waals surface area contributed by atoms with E-state index in [0.717, 1.165) is 0 Å². The van der Waals surface area contributed by atoms with Crippen molar-refractivity contribution >= 4 is 0 Å². The Morgan fingerprint density at radius 3 is 1.22 bits per heavy atom. The van der Waals surface area contributed by atoms with E-state index in [9.17, 15) is 0 Å². The molecule has 2 heterocycles. The largest absolute Gasteiger partial charge is 0.357 e. The molecule has 0 aromatic carbocycles. The molecule has 0 saturated carbocycles. The highest BCUT2D eigenvalue weighted by Crippen LogP contribution is 2.28. The molecule has 0 fully saturated rings. The van der Waals surface area contributed by atoms with Crippen LogP contribution in [0.25, 0.3) is 0 Å². The first kappa shape index (κ1) is 18.0. The summed E-state index contributed by atoms with van der Waals surface area (Å²) in [5.41, 5.74) is 5.73. The van der Waals surface area contributed by atoms with Gasteiger partial charge in [0.25, 0.3) is 0 Å². The van der Waals surface area contributed by atoms with E-state index in [-0.39, 0.29) is 0 Å². The van der Waals surface area contributed by atoms with E-state index in [1.807, 2.05) is 0 Å². The lowest BCUT2D eigenvalue weighted by Gasteiger charge is -2.30. The summed E-state index contributed by atoms with van der Waals surface area (Å²) in [5.74, 6) is 0. The van der Waals surface area contributed by atoms with Crippen molar-refractivity contribution in [1.29, 1.82) is 0 Å². The third-order valence-electron chi connectivity index (χ3n) is 6.29. The van der Waals surface area contributed by atoms with Gasteiger partial charge in [-0.25, -0.2) is 0 Å². The topological polar surface area (TPSA) is 13.0 Å². The van der Waals surface area contributed by atoms with Crippen LogP contribution in [0, 0.1) is 0 Å². The molecule has 0 aromatic rings. The fraction of sp³-hybridized carbons (Fsp3) is 0.789. The highest BCUT2D eigenvalue weighted by molar-refractivity contribution is 5.16. The Hall–Kier alpha value is -1.32. The van der Waals surface area contributed by atoms with Crippen LogP contribution < -0.4 is 0 Å². The van der Waals surface area contributed by atoms with E-state index >= 15 is 0 Å². The van der Waals surface area contributed by atoms with Crippen molar-refractivity contribution in [2.24, 2.45) is 0 Å². The third-order valence-corrected chi connectivity index (χ3v) is 6.29. The van der Waals surface area contributed by atoms with Crippen molar-refractivity contribution in [3.63, 3.8) is 0 Å². The number of rotatable bonds is 6. The summed E-state index contributed by atoms with van der Waals surface area (Å²) in [5, 5.41) is 0. The van der Waals surface area contributed by atoms with E-state index < -0.39 is 0 Å². The molecule has 0 bridgehead atoms. The normalized spacial score (nSPS) is 25.6. The van der Waals surface area contributed by atoms with Crippen LogP contribution in [0.1, 0.15) is 60.8 Å². The summed E-state index contributed by atoms with van der Waals surface area (Å²) in [7, 11) is 4.40. The van der Waals surface area contributed by atoms with E-state index in [4.69, 9.17) is 0 Å². The molecule has 0 N–H and O–H groups in total. The minimum absolute atomic E-state index is 0.509. The van der Waals surface area contributed by atoms with Crippen molar-refractivity contribution in [3.05, 3.63) is 22.8 Å². The van der Waals surface area contributed by atoms with Crippen molar-refractivity contribution in [2.45, 2.75) is 73.1 Å². The summed E-state index contributed by atoms with van der Waals surface area (Å²) in [6.45, 7) is 15.9. The van der Waals surface area contributed by atoms with Crippen molar-refractivity contribution in [3.8, 4) is 0 Å². The molecule has 0 amide bonds. The summed E-state index contributed by atoms with van der Waals surface area (Å²) in [6.07, 6.45) is 4.88. The molecule has 0 spiro atoms. The zero-order valence-corrected chi connectivity index (χ0v) is 16.5. The van der Waals surface area contributed by atoms with Gasteiger partial charge in [-0.1, -0.05) is 0 Å². The van der Waals surface area contributed by atoms with Crippen LogP contribution in [0.3, 0.4) is 0 Å². The van der Waals surface area contributed by atoms with Gasteiger partial charge < -0.3 is 19.6 Å². The number of allylic oxidation sites excluding steroid dienone is 4. The molecule has 0 aromatic heterocycles. The average molecular weight is 321 g/mol. The Morgan fingerprint density at radius 2 is 0.957 bits per heavy atom. The fourth-order valence-electron chi connectivity index (χ4n) is 3.92. The highest BCUT2D eigenvalue weighted by Gasteiger charge is 2.28. The number of hydrogen-bond donors (Lipinski definition) is 0. The lowest BCUT2D eigenvalue weighted by Crippen LogP contribution is -2.36. The Kier molecular flexibility index (Phi) is 5.53. The molecular weight excluding hydrogens is 284 g/mol. The lowest BCUT2D eigenvalue weighted by atomic mass is 10.2. The predicted molar refractivity (Wildman–Crippen MR) is 98.5 cm³/mol. The first-order chi connectivity index (χ1) is 10.8. The van der Waals surface area contributed by atoms with Gasteiger partial charge in [-0.2, -0.15) is 0 Å². The molecule has 132 valence electrons. The van der Waals surface area contributed by atoms with Gasteiger partial charge in [-0.05, 0) is 60.8 Å². The smallest absolute Gasteiger partial charge is 0.0979 e. The highest BCUT2D eigenvalue weighted by atomic mass is 15.4. The quantitative estimate of drug-likeness (QED) is 0.689. The van der Waals surface area contributed by atoms with E-state index in [0.29, 0.717) is 12.3 Å². The van der Waals surface area contributed by atoms with Crippen molar-refractivity contribution in [2.75, 3.05) is 27.2 Å². The summed E-state index contributed by atoms with van der Waals surface area (Å²) in [4.78, 5) is 9.87. The minimum Gasteiger partial charge on any atom is -0.357 e. The molecule has 2 aliphatic heterocycles. The zero-order chi connectivity index (χ0) is 17.3. The Labute approximate surface area is 143 Å². The molecule has 0 saturated heterocycles. The molecular formula is C19H36N4. The second kappa shape index (κ2) is 7.06. The van der Waals surface area contributed by atoms with Crippen LogP contribution in [-0.2, 0) is 0 Å². The second-order valence-electron chi connectivity index (χ2n) is 7.27. The van der Waals surface area contributed by atoms with Gasteiger partial charge in [0, 0.05) is 50.0 Å². The zero-order valence-electron chi connectivity index (χ0n) is 16.5. The lowest BCUT2D eigenvalue weighted by molar-refractivity contribution is 0.167. The first-order valence-electron chi connectivity index (χ1n) is 9.11. The average Bonchev–Trinajstić information content (AvgIpc) is 2.83. The van der Waals surface area contributed by atoms with Crippen LogP contribution in [0.5, 0.6) is 0 Å². The molecule has 0 radical (unpaired) electrons. The number of hydrogen-bond acceptors (Lipinski definition) is 4. The summed E-state index contributed by atoms with van der Waals surface area (Å²) >= 11 is 0. The van der Waals surface area contributed by atoms with E-state index in [2.05, 4.69) is 75.2 Å². The molecule has 0 aliphatic carbocycles. The molecule has 4 heteroatoms. The van der Waals surface area contributed by atoms with Gasteiger partial charge in [-0.15, -0.1) is 0 Å². The van der Waals surface area contributed by atoms with E-state index in [1.54, 1.807) is 0 Å². The Balaban J connectivity index is 1.73. The molecule has 23 heavy (non-hydrogen) atoms.